The highest BCUT2D eigenvalue weighted by atomic mass is 79.9. The lowest BCUT2D eigenvalue weighted by Gasteiger charge is -2.10. The van der Waals surface area contributed by atoms with Crippen LogP contribution in [0.4, 0.5) is 0 Å². The van der Waals surface area contributed by atoms with Crippen LogP contribution in [-0.2, 0) is 0 Å². The molecule has 1 heterocycles. The minimum atomic E-state index is -0.803. The van der Waals surface area contributed by atoms with E-state index in [2.05, 4.69) is 15.9 Å². The molecule has 2 rings (SSSR count). The smallest absolute Gasteiger partial charge is 0.150 e. The van der Waals surface area contributed by atoms with Crippen LogP contribution in [0.3, 0.4) is 0 Å². The van der Waals surface area contributed by atoms with Crippen LogP contribution in [0, 0.1) is 6.92 Å². The maximum atomic E-state index is 10.1. The minimum Gasteiger partial charge on any atom is -0.465 e. The van der Waals surface area contributed by atoms with Crippen LogP contribution in [0.5, 0.6) is 0 Å². The van der Waals surface area contributed by atoms with Crippen LogP contribution in [0.2, 0.25) is 5.02 Å². The van der Waals surface area contributed by atoms with E-state index in [1.54, 1.807) is 12.1 Å². The normalized spacial score (nSPS) is 12.8. The lowest BCUT2D eigenvalue weighted by molar-refractivity contribution is 0.188. The van der Waals surface area contributed by atoms with Crippen molar-refractivity contribution in [3.8, 4) is 0 Å². The van der Waals surface area contributed by atoms with Gasteiger partial charge in [-0.25, -0.2) is 0 Å². The predicted molar refractivity (Wildman–Crippen MR) is 66.7 cm³/mol. The summed E-state index contributed by atoms with van der Waals surface area (Å²) < 4.78 is 5.96. The van der Waals surface area contributed by atoms with Gasteiger partial charge >= 0.3 is 0 Å². The molecule has 2 nitrogen and oxygen atoms in total. The number of rotatable bonds is 2. The van der Waals surface area contributed by atoms with Crippen molar-refractivity contribution < 1.29 is 9.52 Å². The van der Waals surface area contributed by atoms with Crippen LogP contribution >= 0.6 is 27.5 Å². The fourth-order valence-electron chi connectivity index (χ4n) is 1.43. The van der Waals surface area contributed by atoms with Crippen LogP contribution in [0.25, 0.3) is 0 Å². The number of aryl methyl sites for hydroxylation is 1. The Morgan fingerprint density at radius 1 is 1.38 bits per heavy atom. The zero-order valence-corrected chi connectivity index (χ0v) is 10.9. The molecule has 1 aromatic carbocycles. The van der Waals surface area contributed by atoms with Gasteiger partial charge in [0.25, 0.3) is 0 Å². The van der Waals surface area contributed by atoms with Crippen molar-refractivity contribution in [2.45, 2.75) is 13.0 Å². The second-order valence-corrected chi connectivity index (χ2v) is 4.81. The summed E-state index contributed by atoms with van der Waals surface area (Å²) in [6.45, 7) is 1.92. The number of halogens is 2. The van der Waals surface area contributed by atoms with Crippen molar-refractivity contribution in [1.82, 2.24) is 0 Å². The van der Waals surface area contributed by atoms with Crippen LogP contribution in [0.15, 0.2) is 39.4 Å². The number of aliphatic hydroxyl groups is 1. The fraction of sp³-hybridized carbons (Fsp3) is 0.167. The molecule has 1 N–H and O–H groups in total. The molecule has 1 atom stereocenters. The Hall–Kier alpha value is -0.770. The third-order valence-corrected chi connectivity index (χ3v) is 3.47. The Labute approximate surface area is 107 Å². The van der Waals surface area contributed by atoms with Crippen LogP contribution in [0.1, 0.15) is 23.0 Å². The third kappa shape index (κ3) is 2.17. The first kappa shape index (κ1) is 11.7. The molecule has 2 aromatic rings. The molecule has 4 heteroatoms. The maximum absolute atomic E-state index is 10.1. The molecule has 16 heavy (non-hydrogen) atoms. The highest BCUT2D eigenvalue weighted by Crippen LogP contribution is 2.31. The number of hydrogen-bond acceptors (Lipinski definition) is 2. The van der Waals surface area contributed by atoms with Gasteiger partial charge < -0.3 is 9.52 Å². The molecule has 0 amide bonds. The average molecular weight is 302 g/mol. The molecule has 0 bridgehead atoms. The van der Waals surface area contributed by atoms with Gasteiger partial charge in [-0.3, -0.25) is 0 Å². The Morgan fingerprint density at radius 3 is 2.69 bits per heavy atom. The van der Waals surface area contributed by atoms with Gasteiger partial charge in [0, 0.05) is 5.02 Å². The molecule has 0 spiro atoms. The molecule has 84 valence electrons. The van der Waals surface area contributed by atoms with Gasteiger partial charge in [-0.15, -0.1) is 0 Å². The number of hydrogen-bond donors (Lipinski definition) is 1. The summed E-state index contributed by atoms with van der Waals surface area (Å²) in [5.41, 5.74) is 1.70. The highest BCUT2D eigenvalue weighted by molar-refractivity contribution is 9.10. The summed E-state index contributed by atoms with van der Waals surface area (Å²) in [5, 5.41) is 10.7. The third-order valence-electron chi connectivity index (χ3n) is 2.40. The number of benzene rings is 1. The molecular weight excluding hydrogens is 291 g/mol. The Balaban J connectivity index is 2.38. The largest absolute Gasteiger partial charge is 0.465 e. The van der Waals surface area contributed by atoms with Gasteiger partial charge in [-0.1, -0.05) is 23.7 Å². The van der Waals surface area contributed by atoms with Crippen LogP contribution < -0.4 is 0 Å². The SMILES string of the molecule is Cc1ccc(C(O)c2occc2Br)cc1Cl. The second-order valence-electron chi connectivity index (χ2n) is 3.54. The molecule has 0 fully saturated rings. The van der Waals surface area contributed by atoms with Gasteiger partial charge in [0.2, 0.25) is 0 Å². The van der Waals surface area contributed by atoms with Gasteiger partial charge in [0.1, 0.15) is 6.10 Å². The summed E-state index contributed by atoms with van der Waals surface area (Å²) in [4.78, 5) is 0. The predicted octanol–water partition coefficient (Wildman–Crippen LogP) is 4.09. The van der Waals surface area contributed by atoms with Gasteiger partial charge in [-0.05, 0) is 46.1 Å². The lowest BCUT2D eigenvalue weighted by atomic mass is 10.1. The van der Waals surface area contributed by atoms with Gasteiger partial charge in [-0.2, -0.15) is 0 Å². The van der Waals surface area contributed by atoms with E-state index >= 15 is 0 Å². The molecular formula is C12H10BrClO2. The Bertz CT molecular complexity index is 507. The number of furan rings is 1. The zero-order chi connectivity index (χ0) is 11.7. The Kier molecular flexibility index (Phi) is 3.38. The monoisotopic (exact) mass is 300 g/mol. The minimum absolute atomic E-state index is 0.486. The van der Waals surface area contributed by atoms with Crippen LogP contribution in [-0.4, -0.2) is 5.11 Å². The van der Waals surface area contributed by atoms with Crippen molar-refractivity contribution >= 4 is 27.5 Å². The molecule has 1 aromatic heterocycles. The van der Waals surface area contributed by atoms with E-state index in [0.29, 0.717) is 16.3 Å². The highest BCUT2D eigenvalue weighted by Gasteiger charge is 2.17. The van der Waals surface area contributed by atoms with Crippen molar-refractivity contribution in [3.05, 3.63) is 56.9 Å². The lowest BCUT2D eigenvalue weighted by Crippen LogP contribution is -1.99. The van der Waals surface area contributed by atoms with E-state index < -0.39 is 6.10 Å². The van der Waals surface area contributed by atoms with Crippen molar-refractivity contribution in [3.63, 3.8) is 0 Å². The molecule has 0 saturated carbocycles. The zero-order valence-electron chi connectivity index (χ0n) is 8.58. The quantitative estimate of drug-likeness (QED) is 0.906. The van der Waals surface area contributed by atoms with Crippen molar-refractivity contribution in [2.75, 3.05) is 0 Å². The van der Waals surface area contributed by atoms with E-state index in [9.17, 15) is 5.11 Å². The van der Waals surface area contributed by atoms with Gasteiger partial charge in [0.05, 0.1) is 10.7 Å². The summed E-state index contributed by atoms with van der Waals surface area (Å²) >= 11 is 9.32. The summed E-state index contributed by atoms with van der Waals surface area (Å²) in [6.07, 6.45) is 0.723. The number of aliphatic hydroxyl groups excluding tert-OH is 1. The molecule has 0 aliphatic carbocycles. The second kappa shape index (κ2) is 4.62. The van der Waals surface area contributed by atoms with E-state index in [-0.39, 0.29) is 0 Å². The molecule has 0 aliphatic rings. The first-order valence-electron chi connectivity index (χ1n) is 4.76. The van der Waals surface area contributed by atoms with Crippen molar-refractivity contribution in [2.24, 2.45) is 0 Å². The first-order valence-corrected chi connectivity index (χ1v) is 5.93. The molecule has 0 aliphatic heterocycles. The average Bonchev–Trinajstić information content (AvgIpc) is 2.67. The molecule has 0 saturated heterocycles. The molecule has 0 radical (unpaired) electrons. The Morgan fingerprint density at radius 2 is 2.12 bits per heavy atom. The van der Waals surface area contributed by atoms with E-state index in [4.69, 9.17) is 16.0 Å². The standard InChI is InChI=1S/C12H10BrClO2/c1-7-2-3-8(6-10(7)14)11(15)12-9(13)4-5-16-12/h2-6,11,15H,1H3. The summed E-state index contributed by atoms with van der Waals surface area (Å²) in [5.74, 6) is 0.486. The fourth-order valence-corrected chi connectivity index (χ4v) is 2.04. The van der Waals surface area contributed by atoms with E-state index in [0.717, 1.165) is 10.0 Å². The summed E-state index contributed by atoms with van der Waals surface area (Å²) in [6, 6.07) is 7.20. The van der Waals surface area contributed by atoms with Gasteiger partial charge in [0.15, 0.2) is 5.76 Å². The van der Waals surface area contributed by atoms with E-state index in [1.165, 1.54) is 6.26 Å². The molecule has 1 unspecified atom stereocenters. The first-order chi connectivity index (χ1) is 7.59. The maximum Gasteiger partial charge on any atom is 0.150 e. The van der Waals surface area contributed by atoms with Crippen molar-refractivity contribution in [1.29, 1.82) is 0 Å². The topological polar surface area (TPSA) is 33.4 Å². The summed E-state index contributed by atoms with van der Waals surface area (Å²) in [7, 11) is 0. The van der Waals surface area contributed by atoms with E-state index in [1.807, 2.05) is 19.1 Å².